The van der Waals surface area contributed by atoms with Crippen molar-refractivity contribution in [3.05, 3.63) is 71.9 Å². The van der Waals surface area contributed by atoms with E-state index in [1.807, 2.05) is 6.08 Å². The number of allylic oxidation sites excluding steroid dienone is 11. The summed E-state index contributed by atoms with van der Waals surface area (Å²) in [6.07, 6.45) is 18.0. The zero-order valence-corrected chi connectivity index (χ0v) is 14.0. The summed E-state index contributed by atoms with van der Waals surface area (Å²) in [5, 5.41) is 0. The Morgan fingerprint density at radius 3 is 2.15 bits per heavy atom. The van der Waals surface area contributed by atoms with E-state index in [1.165, 1.54) is 16.7 Å². The molecule has 0 aliphatic heterocycles. The van der Waals surface area contributed by atoms with Gasteiger partial charge in [0.15, 0.2) is 0 Å². The molecule has 0 heterocycles. The molecule has 0 nitrogen and oxygen atoms in total. The van der Waals surface area contributed by atoms with Crippen molar-refractivity contribution in [2.45, 2.75) is 48.0 Å². The first-order valence-corrected chi connectivity index (χ1v) is 7.33. The van der Waals surface area contributed by atoms with Gasteiger partial charge in [0.1, 0.15) is 0 Å². The van der Waals surface area contributed by atoms with Gasteiger partial charge < -0.3 is 0 Å². The van der Waals surface area contributed by atoms with Crippen molar-refractivity contribution in [1.82, 2.24) is 0 Å². The van der Waals surface area contributed by atoms with Gasteiger partial charge in [0, 0.05) is 0 Å². The van der Waals surface area contributed by atoms with Gasteiger partial charge in [0.05, 0.1) is 0 Å². The molecule has 0 bridgehead atoms. The molecule has 0 aliphatic rings. The van der Waals surface area contributed by atoms with Gasteiger partial charge in [-0.2, -0.15) is 0 Å². The van der Waals surface area contributed by atoms with Crippen molar-refractivity contribution in [2.75, 3.05) is 0 Å². The van der Waals surface area contributed by atoms with Gasteiger partial charge in [0.2, 0.25) is 0 Å². The molecule has 0 aliphatic carbocycles. The Bertz CT molecular complexity index is 443. The molecule has 0 aromatic heterocycles. The maximum atomic E-state index is 3.82. The van der Waals surface area contributed by atoms with Gasteiger partial charge in [-0.05, 0) is 31.3 Å². The minimum Gasteiger partial charge on any atom is -0.0985 e. The third-order valence-electron chi connectivity index (χ3n) is 2.59. The lowest BCUT2D eigenvalue weighted by molar-refractivity contribution is 0.541. The van der Waals surface area contributed by atoms with Crippen LogP contribution in [0.2, 0.25) is 0 Å². The van der Waals surface area contributed by atoms with Crippen LogP contribution in [0, 0.1) is 5.41 Å². The summed E-state index contributed by atoms with van der Waals surface area (Å²) in [6, 6.07) is 0. The predicted molar refractivity (Wildman–Crippen MR) is 93.8 cm³/mol. The summed E-state index contributed by atoms with van der Waals surface area (Å²) < 4.78 is 0. The largest absolute Gasteiger partial charge is 0.0985 e. The number of hydrogen-bond donors (Lipinski definition) is 0. The van der Waals surface area contributed by atoms with Crippen molar-refractivity contribution >= 4 is 0 Å². The fourth-order valence-corrected chi connectivity index (χ4v) is 1.82. The van der Waals surface area contributed by atoms with E-state index >= 15 is 0 Å². The lowest BCUT2D eigenvalue weighted by atomic mass is 9.94. The van der Waals surface area contributed by atoms with Gasteiger partial charge in [-0.1, -0.05) is 94.0 Å². The van der Waals surface area contributed by atoms with Crippen LogP contribution in [0.15, 0.2) is 71.9 Å². The Kier molecular flexibility index (Phi) is 8.63. The van der Waals surface area contributed by atoms with Crippen molar-refractivity contribution in [3.8, 4) is 0 Å². The van der Waals surface area contributed by atoms with Crippen LogP contribution in [0.4, 0.5) is 0 Å². The average molecular weight is 270 g/mol. The highest BCUT2D eigenvalue weighted by Gasteiger charge is 2.04. The Balaban J connectivity index is 4.69. The van der Waals surface area contributed by atoms with E-state index < -0.39 is 0 Å². The van der Waals surface area contributed by atoms with E-state index in [0.29, 0.717) is 0 Å². The van der Waals surface area contributed by atoms with Crippen LogP contribution in [0.1, 0.15) is 48.0 Å². The van der Waals surface area contributed by atoms with Crippen molar-refractivity contribution in [2.24, 2.45) is 5.41 Å². The molecule has 0 saturated carbocycles. The molecule has 0 heteroatoms. The normalized spacial score (nSPS) is 15.4. The number of rotatable bonds is 6. The molecular weight excluding hydrogens is 240 g/mol. The lowest BCUT2D eigenvalue weighted by Crippen LogP contribution is -1.99. The first-order chi connectivity index (χ1) is 9.28. The van der Waals surface area contributed by atoms with Gasteiger partial charge in [-0.15, -0.1) is 0 Å². The molecule has 0 N–H and O–H groups in total. The summed E-state index contributed by atoms with van der Waals surface area (Å²) in [7, 11) is 0. The summed E-state index contributed by atoms with van der Waals surface area (Å²) in [4.78, 5) is 0. The second-order valence-corrected chi connectivity index (χ2v) is 6.17. The number of hydrogen-bond acceptors (Lipinski definition) is 0. The maximum Gasteiger partial charge on any atom is -0.0197 e. The van der Waals surface area contributed by atoms with E-state index in [0.717, 1.165) is 6.42 Å². The van der Waals surface area contributed by atoms with Crippen LogP contribution in [-0.2, 0) is 0 Å². The van der Waals surface area contributed by atoms with Crippen LogP contribution in [0.25, 0.3) is 0 Å². The van der Waals surface area contributed by atoms with Crippen molar-refractivity contribution < 1.29 is 0 Å². The molecular formula is C20H30. The zero-order valence-electron chi connectivity index (χ0n) is 14.0. The SMILES string of the molecule is C=CC(/C=C/C(C)=C/C=C/C(C)=C/C(C)(C)C)=C\CC. The second kappa shape index (κ2) is 9.36. The molecule has 20 heavy (non-hydrogen) atoms. The van der Waals surface area contributed by atoms with Crippen molar-refractivity contribution in [1.29, 1.82) is 0 Å². The molecule has 0 saturated heterocycles. The van der Waals surface area contributed by atoms with E-state index in [4.69, 9.17) is 0 Å². The highest BCUT2D eigenvalue weighted by Crippen LogP contribution is 2.17. The highest BCUT2D eigenvalue weighted by atomic mass is 14.1. The Hall–Kier alpha value is -1.56. The third-order valence-corrected chi connectivity index (χ3v) is 2.59. The molecule has 0 rings (SSSR count). The van der Waals surface area contributed by atoms with Crippen LogP contribution in [-0.4, -0.2) is 0 Å². The molecule has 0 atom stereocenters. The molecule has 0 radical (unpaired) electrons. The summed E-state index contributed by atoms with van der Waals surface area (Å²) >= 11 is 0. The van der Waals surface area contributed by atoms with Gasteiger partial charge in [0.25, 0.3) is 0 Å². The molecule has 0 unspecified atom stereocenters. The molecule has 0 amide bonds. The van der Waals surface area contributed by atoms with Gasteiger partial charge >= 0.3 is 0 Å². The third kappa shape index (κ3) is 10.4. The van der Waals surface area contributed by atoms with Gasteiger partial charge in [-0.3, -0.25) is 0 Å². The van der Waals surface area contributed by atoms with Crippen LogP contribution >= 0.6 is 0 Å². The molecule has 0 fully saturated rings. The minimum absolute atomic E-state index is 0.233. The monoisotopic (exact) mass is 270 g/mol. The fraction of sp³-hybridized carbons (Fsp3) is 0.400. The van der Waals surface area contributed by atoms with Crippen molar-refractivity contribution in [3.63, 3.8) is 0 Å². The zero-order chi connectivity index (χ0) is 15.6. The van der Waals surface area contributed by atoms with E-state index in [1.54, 1.807) is 0 Å². The van der Waals surface area contributed by atoms with Crippen LogP contribution < -0.4 is 0 Å². The predicted octanol–water partition coefficient (Wildman–Crippen LogP) is 6.56. The first-order valence-electron chi connectivity index (χ1n) is 7.33. The Morgan fingerprint density at radius 1 is 1.00 bits per heavy atom. The average Bonchev–Trinajstić information content (AvgIpc) is 2.32. The maximum absolute atomic E-state index is 3.82. The molecule has 0 spiro atoms. The lowest BCUT2D eigenvalue weighted by Gasteiger charge is -2.12. The summed E-state index contributed by atoms with van der Waals surface area (Å²) in [5.41, 5.74) is 3.93. The Labute approximate surface area is 126 Å². The van der Waals surface area contributed by atoms with E-state index in [9.17, 15) is 0 Å². The quantitative estimate of drug-likeness (QED) is 0.479. The summed E-state index contributed by atoms with van der Waals surface area (Å²) in [5.74, 6) is 0. The topological polar surface area (TPSA) is 0 Å². The second-order valence-electron chi connectivity index (χ2n) is 6.17. The van der Waals surface area contributed by atoms with Crippen LogP contribution in [0.5, 0.6) is 0 Å². The Morgan fingerprint density at radius 2 is 1.65 bits per heavy atom. The fourth-order valence-electron chi connectivity index (χ4n) is 1.82. The van der Waals surface area contributed by atoms with E-state index in [2.05, 4.69) is 90.7 Å². The molecule has 0 aromatic carbocycles. The van der Waals surface area contributed by atoms with E-state index in [-0.39, 0.29) is 5.41 Å². The van der Waals surface area contributed by atoms with Gasteiger partial charge in [-0.25, -0.2) is 0 Å². The smallest absolute Gasteiger partial charge is 0.0197 e. The standard InChI is InChI=1S/C20H30/c1-8-11-19(9-2)15-14-17(3)12-10-13-18(4)16-20(5,6)7/h9-16H,2,8H2,1,3-7H3/b13-10+,15-14+,17-12+,18-16+,19-11+. The van der Waals surface area contributed by atoms with Crippen LogP contribution in [0.3, 0.4) is 0 Å². The minimum atomic E-state index is 0.233. The summed E-state index contributed by atoms with van der Waals surface area (Å²) in [6.45, 7) is 16.8. The first kappa shape index (κ1) is 18.4. The molecule has 0 aromatic rings. The molecule has 110 valence electrons. The highest BCUT2D eigenvalue weighted by molar-refractivity contribution is 5.35.